The van der Waals surface area contributed by atoms with Crippen LogP contribution in [0, 0.1) is 29.6 Å². The van der Waals surface area contributed by atoms with Crippen molar-refractivity contribution >= 4 is 0 Å². The van der Waals surface area contributed by atoms with E-state index in [-0.39, 0.29) is 12.0 Å². The lowest BCUT2D eigenvalue weighted by Crippen LogP contribution is -2.61. The van der Waals surface area contributed by atoms with E-state index in [0.717, 1.165) is 50.9 Å². The van der Waals surface area contributed by atoms with Crippen LogP contribution in [-0.4, -0.2) is 12.2 Å². The van der Waals surface area contributed by atoms with Crippen LogP contribution >= 0.6 is 0 Å². The molecule has 0 aromatic carbocycles. The number of rotatable bonds is 8. The van der Waals surface area contributed by atoms with Gasteiger partial charge in [-0.15, -0.1) is 6.58 Å². The molecule has 3 fully saturated rings. The fourth-order valence-electron chi connectivity index (χ4n) is 5.87. The lowest BCUT2D eigenvalue weighted by molar-refractivity contribution is -0.418. The highest BCUT2D eigenvalue weighted by atomic mass is 19.3. The molecule has 2 saturated carbocycles. The van der Waals surface area contributed by atoms with E-state index in [1.807, 2.05) is 6.08 Å². The molecule has 3 rings (SSSR count). The van der Waals surface area contributed by atoms with Crippen LogP contribution in [0.1, 0.15) is 90.4 Å². The van der Waals surface area contributed by atoms with E-state index in [4.69, 9.17) is 4.74 Å². The minimum atomic E-state index is -2.87. The van der Waals surface area contributed by atoms with Crippen molar-refractivity contribution < 1.29 is 13.5 Å². The first-order chi connectivity index (χ1) is 12.5. The van der Waals surface area contributed by atoms with Crippen LogP contribution in [-0.2, 0) is 4.74 Å². The Hall–Kier alpha value is -0.440. The smallest absolute Gasteiger partial charge is 0.316 e. The van der Waals surface area contributed by atoms with Crippen molar-refractivity contribution in [3.63, 3.8) is 0 Å². The normalized spacial score (nSPS) is 40.0. The molecule has 0 amide bonds. The lowest BCUT2D eigenvalue weighted by atomic mass is 9.65. The second-order valence-corrected chi connectivity index (χ2v) is 9.24. The topological polar surface area (TPSA) is 9.23 Å². The van der Waals surface area contributed by atoms with E-state index in [1.54, 1.807) is 0 Å². The molecule has 1 saturated heterocycles. The molecule has 2 atom stereocenters. The van der Waals surface area contributed by atoms with Crippen LogP contribution in [0.5, 0.6) is 0 Å². The van der Waals surface area contributed by atoms with Gasteiger partial charge in [0.2, 0.25) is 0 Å². The summed E-state index contributed by atoms with van der Waals surface area (Å²) in [6.07, 6.45) is 13.9. The molecule has 2 aliphatic carbocycles. The summed E-state index contributed by atoms with van der Waals surface area (Å²) in [5.74, 6) is 1.56. The molecule has 0 aromatic rings. The van der Waals surface area contributed by atoms with Crippen molar-refractivity contribution in [2.75, 3.05) is 0 Å². The van der Waals surface area contributed by atoms with Gasteiger partial charge in [-0.25, -0.2) is 0 Å². The van der Waals surface area contributed by atoms with Gasteiger partial charge >= 0.3 is 6.11 Å². The van der Waals surface area contributed by atoms with Gasteiger partial charge in [0.25, 0.3) is 0 Å². The maximum atomic E-state index is 14.3. The van der Waals surface area contributed by atoms with E-state index in [2.05, 4.69) is 13.5 Å². The quantitative estimate of drug-likeness (QED) is 0.407. The predicted octanol–water partition coefficient (Wildman–Crippen LogP) is 7.36. The number of allylic oxidation sites excluding steroid dienone is 1. The Morgan fingerprint density at radius 2 is 1.50 bits per heavy atom. The number of hydrogen-bond acceptors (Lipinski definition) is 1. The van der Waals surface area contributed by atoms with Crippen LogP contribution in [0.4, 0.5) is 8.78 Å². The van der Waals surface area contributed by atoms with Gasteiger partial charge < -0.3 is 4.74 Å². The molecule has 0 unspecified atom stereocenters. The van der Waals surface area contributed by atoms with Crippen molar-refractivity contribution in [1.29, 1.82) is 0 Å². The highest BCUT2D eigenvalue weighted by molar-refractivity contribution is 4.98. The monoisotopic (exact) mass is 368 g/mol. The van der Waals surface area contributed by atoms with Crippen LogP contribution in [0.15, 0.2) is 12.7 Å². The second kappa shape index (κ2) is 9.17. The first-order valence-electron chi connectivity index (χ1n) is 11.2. The zero-order chi connectivity index (χ0) is 18.6. The van der Waals surface area contributed by atoms with Gasteiger partial charge in [0.1, 0.15) is 0 Å². The number of alkyl halides is 2. The molecule has 1 heterocycles. The van der Waals surface area contributed by atoms with Gasteiger partial charge in [-0.2, -0.15) is 8.78 Å². The van der Waals surface area contributed by atoms with E-state index >= 15 is 0 Å². The third kappa shape index (κ3) is 4.69. The number of halogens is 2. The van der Waals surface area contributed by atoms with Crippen molar-refractivity contribution in [2.24, 2.45) is 29.6 Å². The molecular formula is C23H38F2O. The first-order valence-corrected chi connectivity index (χ1v) is 11.2. The minimum Gasteiger partial charge on any atom is -0.316 e. The maximum absolute atomic E-state index is 14.3. The Bertz CT molecular complexity index is 433. The molecule has 1 aliphatic heterocycles. The summed E-state index contributed by atoms with van der Waals surface area (Å²) in [5, 5.41) is 0. The molecular weight excluding hydrogens is 330 g/mol. The third-order valence-electron chi connectivity index (χ3n) is 7.54. The second-order valence-electron chi connectivity index (χ2n) is 9.24. The Labute approximate surface area is 159 Å². The summed E-state index contributed by atoms with van der Waals surface area (Å²) in [4.78, 5) is 0. The first kappa shape index (κ1) is 20.3. The zero-order valence-corrected chi connectivity index (χ0v) is 16.6. The molecule has 0 bridgehead atoms. The van der Waals surface area contributed by atoms with E-state index < -0.39 is 12.0 Å². The third-order valence-corrected chi connectivity index (χ3v) is 7.54. The Balaban J connectivity index is 1.50. The van der Waals surface area contributed by atoms with Crippen molar-refractivity contribution in [1.82, 2.24) is 0 Å². The summed E-state index contributed by atoms with van der Waals surface area (Å²) >= 11 is 0. The predicted molar refractivity (Wildman–Crippen MR) is 103 cm³/mol. The number of ether oxygens (including phenoxy) is 1. The summed E-state index contributed by atoms with van der Waals surface area (Å²) in [6.45, 7) is 6.04. The molecule has 3 heteroatoms. The molecule has 0 aromatic heterocycles. The number of hydrogen-bond donors (Lipinski definition) is 0. The zero-order valence-electron chi connectivity index (χ0n) is 16.6. The van der Waals surface area contributed by atoms with Crippen molar-refractivity contribution in [2.45, 2.75) is 103 Å². The van der Waals surface area contributed by atoms with E-state index in [1.165, 1.54) is 38.5 Å². The fourth-order valence-corrected chi connectivity index (χ4v) is 5.87. The van der Waals surface area contributed by atoms with Gasteiger partial charge in [-0.3, -0.25) is 0 Å². The van der Waals surface area contributed by atoms with Gasteiger partial charge in [0, 0.05) is 0 Å². The largest absolute Gasteiger partial charge is 0.361 e. The molecule has 1 nitrogen and oxygen atoms in total. The molecule has 0 radical (unpaired) electrons. The molecule has 0 spiro atoms. The molecule has 26 heavy (non-hydrogen) atoms. The average Bonchev–Trinajstić information content (AvgIpc) is 2.64. The Morgan fingerprint density at radius 3 is 2.04 bits per heavy atom. The maximum Gasteiger partial charge on any atom is 0.361 e. The summed E-state index contributed by atoms with van der Waals surface area (Å²) in [5.41, 5.74) is 0. The molecule has 0 N–H and O–H groups in total. The average molecular weight is 369 g/mol. The van der Waals surface area contributed by atoms with Gasteiger partial charge in [0.05, 0.1) is 12.0 Å². The standard InChI is InChI=1S/C23H38F2O/c1-3-5-7-17-9-13-19(14-10-17)21-22(26-23(21,24)25)20-15-11-18(12-16-20)8-6-4-2/h3,17-22H,1,4-16H2,2H3/t17?,18?,19?,20?,21-,22-/m0/s1. The van der Waals surface area contributed by atoms with Gasteiger partial charge in [-0.05, 0) is 62.2 Å². The highest BCUT2D eigenvalue weighted by Gasteiger charge is 2.62. The van der Waals surface area contributed by atoms with E-state index in [9.17, 15) is 8.78 Å². The molecule has 3 aliphatic rings. The van der Waals surface area contributed by atoms with Crippen LogP contribution in [0.3, 0.4) is 0 Å². The summed E-state index contributed by atoms with van der Waals surface area (Å²) in [6, 6.07) is 0. The van der Waals surface area contributed by atoms with E-state index in [0.29, 0.717) is 11.8 Å². The fraction of sp³-hybridized carbons (Fsp3) is 0.913. The number of unbranched alkanes of at least 4 members (excludes halogenated alkanes) is 1. The Kier molecular flexibility index (Phi) is 7.16. The van der Waals surface area contributed by atoms with Gasteiger partial charge in [0.15, 0.2) is 0 Å². The van der Waals surface area contributed by atoms with Gasteiger partial charge in [-0.1, -0.05) is 57.9 Å². The van der Waals surface area contributed by atoms with Crippen molar-refractivity contribution in [3.8, 4) is 0 Å². The lowest BCUT2D eigenvalue weighted by Gasteiger charge is -2.53. The highest BCUT2D eigenvalue weighted by Crippen LogP contribution is 2.55. The van der Waals surface area contributed by atoms with Crippen LogP contribution in [0.25, 0.3) is 0 Å². The van der Waals surface area contributed by atoms with Crippen molar-refractivity contribution in [3.05, 3.63) is 12.7 Å². The summed E-state index contributed by atoms with van der Waals surface area (Å²) in [7, 11) is 0. The van der Waals surface area contributed by atoms with Crippen LogP contribution in [0.2, 0.25) is 0 Å². The molecule has 150 valence electrons. The SMILES string of the molecule is C=CCCC1CCC([C@H]2[C@H](C3CCC(CCCC)CC3)OC2(F)F)CC1. The Morgan fingerprint density at radius 1 is 0.923 bits per heavy atom. The van der Waals surface area contributed by atoms with Crippen LogP contribution < -0.4 is 0 Å². The summed E-state index contributed by atoms with van der Waals surface area (Å²) < 4.78 is 33.8. The minimum absolute atomic E-state index is 0.168.